The zero-order valence-electron chi connectivity index (χ0n) is 7.33. The van der Waals surface area contributed by atoms with Gasteiger partial charge in [-0.2, -0.15) is 0 Å². The van der Waals surface area contributed by atoms with Crippen LogP contribution >= 0.6 is 0 Å². The van der Waals surface area contributed by atoms with Crippen LogP contribution in [0.2, 0.25) is 0 Å². The quantitative estimate of drug-likeness (QED) is 0.603. The zero-order chi connectivity index (χ0) is 9.71. The van der Waals surface area contributed by atoms with E-state index >= 15 is 0 Å². The summed E-state index contributed by atoms with van der Waals surface area (Å²) in [5.74, 6) is -0.509. The third-order valence-corrected chi connectivity index (χ3v) is 2.65. The van der Waals surface area contributed by atoms with E-state index in [1.165, 1.54) is 0 Å². The number of hydrogen-bond donors (Lipinski definition) is 1. The topological polar surface area (TPSA) is 46.2 Å². The van der Waals surface area contributed by atoms with Gasteiger partial charge in [-0.25, -0.2) is 0 Å². The van der Waals surface area contributed by atoms with E-state index in [4.69, 9.17) is 0 Å². The lowest BCUT2D eigenvalue weighted by Crippen LogP contribution is -2.23. The minimum atomic E-state index is -0.266. The lowest BCUT2D eigenvalue weighted by atomic mass is 10.0. The molecular formula is C11H7NO2. The monoisotopic (exact) mass is 185 g/mol. The van der Waals surface area contributed by atoms with Crippen molar-refractivity contribution in [3.63, 3.8) is 0 Å². The molecule has 0 fully saturated rings. The van der Waals surface area contributed by atoms with E-state index in [1.807, 2.05) is 24.3 Å². The second-order valence-electron chi connectivity index (χ2n) is 3.51. The number of benzene rings is 1. The van der Waals surface area contributed by atoms with E-state index in [1.54, 1.807) is 0 Å². The summed E-state index contributed by atoms with van der Waals surface area (Å²) >= 11 is 0. The first-order valence-corrected chi connectivity index (χ1v) is 4.44. The Morgan fingerprint density at radius 2 is 1.71 bits per heavy atom. The number of carbonyl (C=O) groups is 2. The van der Waals surface area contributed by atoms with Gasteiger partial charge in [-0.05, 0) is 11.1 Å². The van der Waals surface area contributed by atoms with Crippen LogP contribution in [0.25, 0.3) is 5.57 Å². The molecule has 4 rings (SSSR count). The molecule has 0 saturated heterocycles. The van der Waals surface area contributed by atoms with Gasteiger partial charge >= 0.3 is 0 Å². The fourth-order valence-electron chi connectivity index (χ4n) is 1.96. The molecule has 3 nitrogen and oxygen atoms in total. The minimum Gasteiger partial charge on any atom is -0.288 e. The molecule has 0 atom stereocenters. The first kappa shape index (κ1) is 7.50. The number of carbonyl (C=O) groups excluding carboxylic acids is 2. The van der Waals surface area contributed by atoms with Crippen LogP contribution in [0.3, 0.4) is 0 Å². The Hall–Kier alpha value is -1.90. The van der Waals surface area contributed by atoms with Gasteiger partial charge in [-0.15, -0.1) is 0 Å². The molecule has 0 radical (unpaired) electrons. The van der Waals surface area contributed by atoms with Crippen molar-refractivity contribution >= 4 is 17.4 Å². The van der Waals surface area contributed by atoms with Crippen molar-refractivity contribution in [2.24, 2.45) is 0 Å². The Labute approximate surface area is 80.4 Å². The number of hydrogen-bond acceptors (Lipinski definition) is 2. The van der Waals surface area contributed by atoms with Crippen LogP contribution in [0.1, 0.15) is 11.1 Å². The second-order valence-corrected chi connectivity index (χ2v) is 3.51. The Bertz CT molecular complexity index is 483. The molecule has 2 amide bonds. The number of nitrogens with one attached hydrogen (secondary N) is 1. The van der Waals surface area contributed by atoms with Gasteiger partial charge < -0.3 is 0 Å². The lowest BCUT2D eigenvalue weighted by Gasteiger charge is -1.98. The Balaban J connectivity index is 2.31. The number of amides is 2. The fourth-order valence-corrected chi connectivity index (χ4v) is 1.96. The molecule has 1 aromatic carbocycles. The van der Waals surface area contributed by atoms with Crippen molar-refractivity contribution in [2.75, 3.05) is 0 Å². The molecule has 3 aliphatic rings. The number of fused-ring (bicyclic) bond motifs is 2. The smallest absolute Gasteiger partial charge is 0.259 e. The van der Waals surface area contributed by atoms with Crippen LogP contribution in [0, 0.1) is 0 Å². The lowest BCUT2D eigenvalue weighted by molar-refractivity contribution is -0.123. The summed E-state index contributed by atoms with van der Waals surface area (Å²) in [5.41, 5.74) is 3.07. The van der Waals surface area contributed by atoms with E-state index in [9.17, 15) is 9.59 Å². The maximum absolute atomic E-state index is 11.5. The molecule has 0 unspecified atom stereocenters. The van der Waals surface area contributed by atoms with Crippen LogP contribution in [-0.2, 0) is 16.0 Å². The van der Waals surface area contributed by atoms with Gasteiger partial charge in [-0.3, -0.25) is 14.9 Å². The van der Waals surface area contributed by atoms with E-state index in [0.29, 0.717) is 17.6 Å². The maximum Gasteiger partial charge on any atom is 0.259 e. The standard InChI is InChI=1S/C11H7NO2/c13-10-8-5-6-1-3-7(4-2-6)9(8)11(14)12-10/h1-4H,5H2,(H,12,13,14). The molecule has 0 spiro atoms. The molecule has 3 heteroatoms. The van der Waals surface area contributed by atoms with Crippen molar-refractivity contribution in [1.82, 2.24) is 5.32 Å². The predicted molar refractivity (Wildman–Crippen MR) is 50.2 cm³/mol. The van der Waals surface area contributed by atoms with Crippen molar-refractivity contribution in [1.29, 1.82) is 0 Å². The molecular weight excluding hydrogens is 178 g/mol. The van der Waals surface area contributed by atoms with Crippen molar-refractivity contribution < 1.29 is 9.59 Å². The van der Waals surface area contributed by atoms with Crippen molar-refractivity contribution in [3.05, 3.63) is 41.0 Å². The highest BCUT2D eigenvalue weighted by Gasteiger charge is 2.32. The molecule has 2 aliphatic carbocycles. The van der Waals surface area contributed by atoms with E-state index < -0.39 is 0 Å². The predicted octanol–water partition coefficient (Wildman–Crippen LogP) is 0.653. The Kier molecular flexibility index (Phi) is 1.24. The van der Waals surface area contributed by atoms with Gasteiger partial charge in [0, 0.05) is 12.0 Å². The molecule has 1 aromatic rings. The first-order chi connectivity index (χ1) is 6.75. The summed E-state index contributed by atoms with van der Waals surface area (Å²) in [6.45, 7) is 0. The molecule has 0 saturated carbocycles. The van der Waals surface area contributed by atoms with Gasteiger partial charge in [0.2, 0.25) is 0 Å². The largest absolute Gasteiger partial charge is 0.288 e. The van der Waals surface area contributed by atoms with Gasteiger partial charge in [0.1, 0.15) is 0 Å². The normalized spacial score (nSPS) is 18.3. The minimum absolute atomic E-state index is 0.243. The van der Waals surface area contributed by atoms with Crippen LogP contribution in [0.15, 0.2) is 29.8 Å². The maximum atomic E-state index is 11.5. The highest BCUT2D eigenvalue weighted by atomic mass is 16.2. The summed E-state index contributed by atoms with van der Waals surface area (Å²) in [5, 5.41) is 2.32. The molecule has 1 aliphatic heterocycles. The van der Waals surface area contributed by atoms with Gasteiger partial charge in [0.25, 0.3) is 11.8 Å². The summed E-state index contributed by atoms with van der Waals surface area (Å²) < 4.78 is 0. The summed E-state index contributed by atoms with van der Waals surface area (Å²) in [7, 11) is 0. The molecule has 1 N–H and O–H groups in total. The van der Waals surface area contributed by atoms with Gasteiger partial charge in [0.15, 0.2) is 0 Å². The second kappa shape index (κ2) is 2.32. The third-order valence-electron chi connectivity index (χ3n) is 2.65. The highest BCUT2D eigenvalue weighted by Crippen LogP contribution is 2.30. The van der Waals surface area contributed by atoms with E-state index in [2.05, 4.69) is 5.32 Å². The number of rotatable bonds is 0. The van der Waals surface area contributed by atoms with Crippen LogP contribution in [-0.4, -0.2) is 11.8 Å². The third kappa shape index (κ3) is 0.812. The molecule has 68 valence electrons. The number of imide groups is 1. The van der Waals surface area contributed by atoms with Crippen LogP contribution in [0.4, 0.5) is 0 Å². The average molecular weight is 185 g/mol. The van der Waals surface area contributed by atoms with Gasteiger partial charge in [-0.1, -0.05) is 24.3 Å². The highest BCUT2D eigenvalue weighted by molar-refractivity contribution is 6.36. The molecule has 1 heterocycles. The van der Waals surface area contributed by atoms with Gasteiger partial charge in [0.05, 0.1) is 5.57 Å². The zero-order valence-corrected chi connectivity index (χ0v) is 7.33. The molecule has 0 aromatic heterocycles. The fraction of sp³-hybridized carbons (Fsp3) is 0.0909. The molecule has 2 bridgehead atoms. The van der Waals surface area contributed by atoms with Crippen molar-refractivity contribution in [3.8, 4) is 0 Å². The average Bonchev–Trinajstić information content (AvgIpc) is 2.40. The van der Waals surface area contributed by atoms with Crippen molar-refractivity contribution in [2.45, 2.75) is 6.42 Å². The summed E-state index contributed by atoms with van der Waals surface area (Å²) in [4.78, 5) is 22.9. The van der Waals surface area contributed by atoms with E-state index in [-0.39, 0.29) is 11.8 Å². The first-order valence-electron chi connectivity index (χ1n) is 4.44. The summed E-state index contributed by atoms with van der Waals surface area (Å²) in [6, 6.07) is 7.67. The molecule has 14 heavy (non-hydrogen) atoms. The Morgan fingerprint density at radius 3 is 2.43 bits per heavy atom. The van der Waals surface area contributed by atoms with E-state index in [0.717, 1.165) is 11.1 Å². The SMILES string of the molecule is O=C1NC(=O)C2=C1Cc1ccc2cc1. The van der Waals surface area contributed by atoms with Crippen LogP contribution in [0.5, 0.6) is 0 Å². The Morgan fingerprint density at radius 1 is 1.00 bits per heavy atom. The van der Waals surface area contributed by atoms with Crippen LogP contribution < -0.4 is 5.32 Å². The summed E-state index contributed by atoms with van der Waals surface area (Å²) in [6.07, 6.45) is 0.559.